The lowest BCUT2D eigenvalue weighted by Crippen LogP contribution is -2.46. The Morgan fingerprint density at radius 1 is 1.00 bits per heavy atom. The zero-order valence-corrected chi connectivity index (χ0v) is 24.1. The molecule has 2 aromatic carbocycles. The number of likely N-dealkylation sites (N-methyl/N-ethyl adjacent to an activating group) is 1. The SMILES string of the molecule is COC(=O)C(=O)N(C1=CCCC=C1)c1cc(Cl)ccc1C(=O)CCc1ccc(S(=O)(=O)N2CCN(C)CC2)cc1. The highest BCUT2D eigenvalue weighted by Gasteiger charge is 2.30. The van der Waals surface area contributed by atoms with Gasteiger partial charge in [0.25, 0.3) is 0 Å². The first-order valence-electron chi connectivity index (χ1n) is 13.0. The normalized spacial score (nSPS) is 16.3. The van der Waals surface area contributed by atoms with Crippen LogP contribution in [0.1, 0.15) is 35.2 Å². The van der Waals surface area contributed by atoms with Gasteiger partial charge in [-0.2, -0.15) is 4.31 Å². The zero-order valence-electron chi connectivity index (χ0n) is 22.5. The first-order chi connectivity index (χ1) is 19.1. The monoisotopic (exact) mass is 585 g/mol. The smallest absolute Gasteiger partial charge is 0.397 e. The fourth-order valence-corrected chi connectivity index (χ4v) is 6.22. The molecule has 0 aromatic heterocycles. The standard InChI is InChI=1S/C29H32ClN3O6S/c1-31-16-18-32(19-17-31)40(37,38)24-12-8-21(9-13-24)10-15-27(34)25-14-11-22(30)20-26(25)33(28(35)29(36)39-2)23-6-4-3-5-7-23/h4,6-9,11-14,20H,3,5,10,15-19H2,1-2H3. The van der Waals surface area contributed by atoms with Crippen molar-refractivity contribution in [3.63, 3.8) is 0 Å². The van der Waals surface area contributed by atoms with Gasteiger partial charge in [-0.05, 0) is 68.3 Å². The van der Waals surface area contributed by atoms with Gasteiger partial charge in [0.05, 0.1) is 17.7 Å². The number of aryl methyl sites for hydroxylation is 1. The Balaban J connectivity index is 1.53. The average Bonchev–Trinajstić information content (AvgIpc) is 2.96. The molecule has 40 heavy (non-hydrogen) atoms. The molecule has 0 unspecified atom stereocenters. The maximum absolute atomic E-state index is 13.4. The molecule has 2 aromatic rings. The molecule has 9 nitrogen and oxygen atoms in total. The number of carbonyl (C=O) groups excluding carboxylic acids is 3. The van der Waals surface area contributed by atoms with E-state index in [1.807, 2.05) is 19.2 Å². The maximum atomic E-state index is 13.4. The van der Waals surface area contributed by atoms with Crippen LogP contribution >= 0.6 is 11.6 Å². The van der Waals surface area contributed by atoms with E-state index >= 15 is 0 Å². The van der Waals surface area contributed by atoms with Gasteiger partial charge in [-0.3, -0.25) is 14.5 Å². The number of piperazine rings is 1. The van der Waals surface area contributed by atoms with Crippen molar-refractivity contribution in [3.05, 3.63) is 82.5 Å². The molecule has 212 valence electrons. The van der Waals surface area contributed by atoms with Crippen LogP contribution in [0.3, 0.4) is 0 Å². The van der Waals surface area contributed by atoms with Crippen molar-refractivity contribution in [1.82, 2.24) is 9.21 Å². The molecule has 1 aliphatic carbocycles. The number of anilines is 1. The van der Waals surface area contributed by atoms with Crippen molar-refractivity contribution in [3.8, 4) is 0 Å². The highest BCUT2D eigenvalue weighted by atomic mass is 35.5. The quantitative estimate of drug-likeness (QED) is 0.263. The molecule has 0 spiro atoms. The number of methoxy groups -OCH3 is 1. The Kier molecular flexibility index (Phi) is 9.57. The Bertz CT molecular complexity index is 1440. The highest BCUT2D eigenvalue weighted by molar-refractivity contribution is 7.89. The molecule has 1 fully saturated rings. The summed E-state index contributed by atoms with van der Waals surface area (Å²) in [6.45, 7) is 2.26. The van der Waals surface area contributed by atoms with Crippen LogP contribution in [-0.4, -0.2) is 75.6 Å². The molecular weight excluding hydrogens is 554 g/mol. The average molecular weight is 586 g/mol. The fourth-order valence-electron chi connectivity index (χ4n) is 4.63. The van der Waals surface area contributed by atoms with Gasteiger partial charge in [0.15, 0.2) is 5.78 Å². The van der Waals surface area contributed by atoms with Gasteiger partial charge >= 0.3 is 11.9 Å². The number of hydrogen-bond donors (Lipinski definition) is 0. The lowest BCUT2D eigenvalue weighted by atomic mass is 10.00. The van der Waals surface area contributed by atoms with Crippen molar-refractivity contribution in [2.75, 3.05) is 45.2 Å². The molecule has 0 bridgehead atoms. The van der Waals surface area contributed by atoms with Crippen molar-refractivity contribution in [2.24, 2.45) is 0 Å². The molecule has 0 N–H and O–H groups in total. The molecule has 0 atom stereocenters. The van der Waals surface area contributed by atoms with Crippen LogP contribution in [0.5, 0.6) is 0 Å². The Labute approximate surface area is 239 Å². The number of ether oxygens (including phenoxy) is 1. The van der Waals surface area contributed by atoms with Crippen LogP contribution in [0.2, 0.25) is 5.02 Å². The topological polar surface area (TPSA) is 104 Å². The van der Waals surface area contributed by atoms with Crippen molar-refractivity contribution in [2.45, 2.75) is 30.6 Å². The van der Waals surface area contributed by atoms with Crippen LogP contribution in [0, 0.1) is 0 Å². The number of sulfonamides is 1. The van der Waals surface area contributed by atoms with Crippen molar-refractivity contribution >= 4 is 45.0 Å². The predicted molar refractivity (Wildman–Crippen MR) is 153 cm³/mol. The predicted octanol–water partition coefficient (Wildman–Crippen LogP) is 3.83. The molecule has 11 heteroatoms. The first kappa shape index (κ1) is 29.7. The van der Waals surface area contributed by atoms with E-state index in [1.54, 1.807) is 36.4 Å². The summed E-state index contributed by atoms with van der Waals surface area (Å²) in [6, 6.07) is 11.1. The number of benzene rings is 2. The third kappa shape index (κ3) is 6.69. The maximum Gasteiger partial charge on any atom is 0.397 e. The van der Waals surface area contributed by atoms with Gasteiger partial charge in [-0.15, -0.1) is 0 Å². The summed E-state index contributed by atoms with van der Waals surface area (Å²) in [7, 11) is -0.498. The number of halogens is 1. The number of rotatable bonds is 8. The number of carbonyl (C=O) groups is 3. The molecular formula is C29H32ClN3O6S. The summed E-state index contributed by atoms with van der Waals surface area (Å²) in [5, 5.41) is 0.298. The molecule has 0 saturated carbocycles. The van der Waals surface area contributed by atoms with Crippen LogP contribution in [-0.2, 0) is 30.8 Å². The first-order valence-corrected chi connectivity index (χ1v) is 14.8. The van der Waals surface area contributed by atoms with Crippen molar-refractivity contribution < 1.29 is 27.5 Å². The largest absolute Gasteiger partial charge is 0.462 e. The molecule has 2 aliphatic rings. The van der Waals surface area contributed by atoms with E-state index < -0.39 is 21.9 Å². The number of hydrogen-bond acceptors (Lipinski definition) is 7. The molecule has 1 saturated heterocycles. The molecule has 4 rings (SSSR count). The van der Waals surface area contributed by atoms with Gasteiger partial charge < -0.3 is 9.64 Å². The second-order valence-electron chi connectivity index (χ2n) is 9.68. The summed E-state index contributed by atoms with van der Waals surface area (Å²) in [4.78, 5) is 42.2. The zero-order chi connectivity index (χ0) is 28.9. The minimum absolute atomic E-state index is 0.0916. The summed E-state index contributed by atoms with van der Waals surface area (Å²) < 4.78 is 32.2. The molecule has 1 heterocycles. The van der Waals surface area contributed by atoms with Gasteiger partial charge in [0.1, 0.15) is 0 Å². The van der Waals surface area contributed by atoms with E-state index in [4.69, 9.17) is 11.6 Å². The Morgan fingerprint density at radius 3 is 2.33 bits per heavy atom. The van der Waals surface area contributed by atoms with E-state index in [1.165, 1.54) is 21.3 Å². The van der Waals surface area contributed by atoms with E-state index in [0.717, 1.165) is 19.1 Å². The van der Waals surface area contributed by atoms with E-state index in [0.29, 0.717) is 49.7 Å². The Morgan fingerprint density at radius 2 is 1.70 bits per heavy atom. The summed E-state index contributed by atoms with van der Waals surface area (Å²) >= 11 is 6.25. The third-order valence-electron chi connectivity index (χ3n) is 6.96. The minimum atomic E-state index is -3.58. The third-order valence-corrected chi connectivity index (χ3v) is 9.11. The number of allylic oxidation sites excluding steroid dienone is 3. The summed E-state index contributed by atoms with van der Waals surface area (Å²) in [5.41, 5.74) is 1.67. The van der Waals surface area contributed by atoms with Crippen LogP contribution in [0.15, 0.2) is 71.3 Å². The van der Waals surface area contributed by atoms with Crippen LogP contribution in [0.4, 0.5) is 5.69 Å². The highest BCUT2D eigenvalue weighted by Crippen LogP contribution is 2.31. The molecule has 1 amide bonds. The Hall–Kier alpha value is -3.31. The number of esters is 1. The number of ketones is 1. The van der Waals surface area contributed by atoms with Crippen LogP contribution < -0.4 is 4.90 Å². The molecule has 0 radical (unpaired) electrons. The minimum Gasteiger partial charge on any atom is -0.462 e. The number of Topliss-reactive ketones (excluding diaryl/α,β-unsaturated/α-hetero) is 1. The second kappa shape index (κ2) is 12.9. The van der Waals surface area contributed by atoms with Gasteiger partial charge in [0, 0.05) is 48.9 Å². The molecule has 1 aliphatic heterocycles. The number of nitrogens with zero attached hydrogens (tertiary/aromatic N) is 3. The second-order valence-corrected chi connectivity index (χ2v) is 12.1. The lowest BCUT2D eigenvalue weighted by molar-refractivity contribution is -0.151. The van der Waals surface area contributed by atoms with E-state index in [2.05, 4.69) is 9.64 Å². The van der Waals surface area contributed by atoms with Gasteiger partial charge in [-0.25, -0.2) is 13.2 Å². The van der Waals surface area contributed by atoms with Gasteiger partial charge in [0.2, 0.25) is 10.0 Å². The van der Waals surface area contributed by atoms with E-state index in [9.17, 15) is 22.8 Å². The summed E-state index contributed by atoms with van der Waals surface area (Å²) in [5.74, 6) is -2.26. The fraction of sp³-hybridized carbons (Fsp3) is 0.345. The number of amides is 1. The lowest BCUT2D eigenvalue weighted by Gasteiger charge is -2.31. The van der Waals surface area contributed by atoms with Gasteiger partial charge in [-0.1, -0.05) is 35.9 Å². The van der Waals surface area contributed by atoms with Crippen LogP contribution in [0.25, 0.3) is 0 Å². The van der Waals surface area contributed by atoms with Crippen molar-refractivity contribution in [1.29, 1.82) is 0 Å². The van der Waals surface area contributed by atoms with E-state index in [-0.39, 0.29) is 28.4 Å². The summed E-state index contributed by atoms with van der Waals surface area (Å²) in [6.07, 6.45) is 7.32.